The molecule has 1 aromatic carbocycles. The van der Waals surface area contributed by atoms with Gasteiger partial charge in [-0.15, -0.1) is 6.42 Å². The Kier molecular flexibility index (Phi) is 3.15. The Morgan fingerprint density at radius 3 is 3.05 bits per heavy atom. The molecule has 1 aliphatic rings. The van der Waals surface area contributed by atoms with Crippen molar-refractivity contribution in [1.82, 2.24) is 9.88 Å². The minimum Gasteiger partial charge on any atom is -0.361 e. The number of benzene rings is 1. The van der Waals surface area contributed by atoms with Gasteiger partial charge < -0.3 is 4.98 Å². The standard InChI is InChI=1S/C17H18N2/c1-3-14-11-13(2)17-15(7-8-18-17)16(14)12-19-9-5-4-6-10-19/h1,4-5,7-8,11,18H,6,9-10,12H2,2H3. The quantitative estimate of drug-likeness (QED) is 0.640. The van der Waals surface area contributed by atoms with E-state index in [1.807, 2.05) is 6.20 Å². The number of H-pyrrole nitrogens is 1. The number of nitrogens with zero attached hydrogens (tertiary/aromatic N) is 1. The van der Waals surface area contributed by atoms with Crippen molar-refractivity contribution < 1.29 is 0 Å². The van der Waals surface area contributed by atoms with Gasteiger partial charge in [0.15, 0.2) is 0 Å². The zero-order valence-corrected chi connectivity index (χ0v) is 11.2. The number of aryl methyl sites for hydroxylation is 1. The van der Waals surface area contributed by atoms with Gasteiger partial charge >= 0.3 is 0 Å². The minimum absolute atomic E-state index is 0.929. The Morgan fingerprint density at radius 2 is 2.32 bits per heavy atom. The van der Waals surface area contributed by atoms with E-state index in [1.165, 1.54) is 22.0 Å². The van der Waals surface area contributed by atoms with Crippen molar-refractivity contribution in [3.63, 3.8) is 0 Å². The van der Waals surface area contributed by atoms with E-state index in [-0.39, 0.29) is 0 Å². The number of terminal acetylenes is 1. The topological polar surface area (TPSA) is 19.0 Å². The van der Waals surface area contributed by atoms with Gasteiger partial charge in [0, 0.05) is 42.3 Å². The molecule has 0 aliphatic carbocycles. The highest BCUT2D eigenvalue weighted by molar-refractivity contribution is 5.88. The van der Waals surface area contributed by atoms with Crippen LogP contribution >= 0.6 is 0 Å². The monoisotopic (exact) mass is 250 g/mol. The van der Waals surface area contributed by atoms with Crippen LogP contribution in [0.5, 0.6) is 0 Å². The predicted molar refractivity (Wildman–Crippen MR) is 80.0 cm³/mol. The molecule has 2 heteroatoms. The van der Waals surface area contributed by atoms with Gasteiger partial charge in [0.25, 0.3) is 0 Å². The summed E-state index contributed by atoms with van der Waals surface area (Å²) in [4.78, 5) is 5.76. The van der Waals surface area contributed by atoms with Crippen LogP contribution in [0.3, 0.4) is 0 Å². The molecule has 0 spiro atoms. The van der Waals surface area contributed by atoms with Gasteiger partial charge in [0.1, 0.15) is 0 Å². The lowest BCUT2D eigenvalue weighted by Gasteiger charge is -2.24. The van der Waals surface area contributed by atoms with Crippen molar-refractivity contribution in [2.45, 2.75) is 19.9 Å². The Hall–Kier alpha value is -1.98. The minimum atomic E-state index is 0.929. The number of rotatable bonds is 2. The van der Waals surface area contributed by atoms with E-state index in [0.29, 0.717) is 0 Å². The second-order valence-corrected chi connectivity index (χ2v) is 5.13. The lowest BCUT2D eigenvalue weighted by Crippen LogP contribution is -2.27. The molecule has 0 radical (unpaired) electrons. The van der Waals surface area contributed by atoms with E-state index < -0.39 is 0 Å². The molecule has 19 heavy (non-hydrogen) atoms. The van der Waals surface area contributed by atoms with E-state index in [4.69, 9.17) is 6.42 Å². The summed E-state index contributed by atoms with van der Waals surface area (Å²) in [6, 6.07) is 4.26. The molecule has 3 rings (SSSR count). The summed E-state index contributed by atoms with van der Waals surface area (Å²) in [7, 11) is 0. The summed E-state index contributed by atoms with van der Waals surface area (Å²) in [5.41, 5.74) is 4.73. The molecule has 2 heterocycles. The molecule has 0 bridgehead atoms. The van der Waals surface area contributed by atoms with Crippen LogP contribution in [0.1, 0.15) is 23.1 Å². The van der Waals surface area contributed by atoms with Crippen LogP contribution in [-0.4, -0.2) is 23.0 Å². The van der Waals surface area contributed by atoms with Crippen LogP contribution in [0.25, 0.3) is 10.9 Å². The van der Waals surface area contributed by atoms with E-state index in [2.05, 4.69) is 47.0 Å². The highest BCUT2D eigenvalue weighted by atomic mass is 15.1. The van der Waals surface area contributed by atoms with Gasteiger partial charge in [-0.3, -0.25) is 4.90 Å². The average Bonchev–Trinajstić information content (AvgIpc) is 2.93. The van der Waals surface area contributed by atoms with Gasteiger partial charge in [0.05, 0.1) is 0 Å². The average molecular weight is 250 g/mol. The van der Waals surface area contributed by atoms with Crippen molar-refractivity contribution in [3.8, 4) is 12.3 Å². The SMILES string of the molecule is C#Cc1cc(C)c2[nH]ccc2c1CN1CC=CCC1. The third kappa shape index (κ3) is 2.18. The first-order valence-corrected chi connectivity index (χ1v) is 6.73. The molecule has 0 saturated heterocycles. The summed E-state index contributed by atoms with van der Waals surface area (Å²) in [5, 5.41) is 1.27. The van der Waals surface area contributed by atoms with Gasteiger partial charge in [0.2, 0.25) is 0 Å². The molecule has 1 aliphatic heterocycles. The van der Waals surface area contributed by atoms with Crippen molar-refractivity contribution in [2.75, 3.05) is 13.1 Å². The van der Waals surface area contributed by atoms with Crippen molar-refractivity contribution in [2.24, 2.45) is 0 Å². The highest BCUT2D eigenvalue weighted by Crippen LogP contribution is 2.26. The third-order valence-corrected chi connectivity index (χ3v) is 3.83. The summed E-state index contributed by atoms with van der Waals surface area (Å²) in [6.45, 7) is 5.16. The number of aromatic nitrogens is 1. The molecule has 0 atom stereocenters. The van der Waals surface area contributed by atoms with Gasteiger partial charge in [-0.25, -0.2) is 0 Å². The number of aromatic amines is 1. The van der Waals surface area contributed by atoms with Gasteiger partial charge in [-0.05, 0) is 36.6 Å². The van der Waals surface area contributed by atoms with E-state index in [1.54, 1.807) is 0 Å². The van der Waals surface area contributed by atoms with Crippen LogP contribution in [0.2, 0.25) is 0 Å². The summed E-state index contributed by atoms with van der Waals surface area (Å²) in [6.07, 6.45) is 13.3. The first-order valence-electron chi connectivity index (χ1n) is 6.73. The second kappa shape index (κ2) is 4.95. The smallest absolute Gasteiger partial charge is 0.0487 e. The molecule has 2 nitrogen and oxygen atoms in total. The molecular formula is C17H18N2. The maximum atomic E-state index is 5.69. The van der Waals surface area contributed by atoms with Crippen LogP contribution in [0.15, 0.2) is 30.5 Å². The Balaban J connectivity index is 2.06. The molecule has 1 aromatic heterocycles. The molecule has 0 fully saturated rings. The first kappa shape index (κ1) is 12.1. The zero-order valence-electron chi connectivity index (χ0n) is 11.2. The number of nitrogens with one attached hydrogen (secondary N) is 1. The predicted octanol–water partition coefficient (Wildman–Crippen LogP) is 3.22. The molecule has 2 aromatic rings. The zero-order chi connectivity index (χ0) is 13.2. The van der Waals surface area contributed by atoms with Crippen LogP contribution in [-0.2, 0) is 6.54 Å². The van der Waals surface area contributed by atoms with Gasteiger partial charge in [-0.1, -0.05) is 18.1 Å². The Morgan fingerprint density at radius 1 is 1.42 bits per heavy atom. The normalized spacial score (nSPS) is 15.8. The lowest BCUT2D eigenvalue weighted by atomic mass is 9.99. The molecular weight excluding hydrogens is 232 g/mol. The summed E-state index contributed by atoms with van der Waals surface area (Å²) >= 11 is 0. The fourth-order valence-corrected chi connectivity index (χ4v) is 2.82. The van der Waals surface area contributed by atoms with E-state index >= 15 is 0 Å². The number of hydrogen-bond acceptors (Lipinski definition) is 1. The van der Waals surface area contributed by atoms with Crippen molar-refractivity contribution in [3.05, 3.63) is 47.2 Å². The summed E-state index contributed by atoms with van der Waals surface area (Å²) in [5.74, 6) is 2.85. The highest BCUT2D eigenvalue weighted by Gasteiger charge is 2.14. The van der Waals surface area contributed by atoms with Crippen LogP contribution < -0.4 is 0 Å². The van der Waals surface area contributed by atoms with Crippen LogP contribution in [0.4, 0.5) is 0 Å². The maximum absolute atomic E-state index is 5.69. The third-order valence-electron chi connectivity index (χ3n) is 3.83. The van der Waals surface area contributed by atoms with E-state index in [0.717, 1.165) is 31.6 Å². The van der Waals surface area contributed by atoms with Crippen molar-refractivity contribution >= 4 is 10.9 Å². The number of hydrogen-bond donors (Lipinski definition) is 1. The molecule has 0 amide bonds. The fraction of sp³-hybridized carbons (Fsp3) is 0.294. The molecule has 1 N–H and O–H groups in total. The Bertz CT molecular complexity index is 670. The molecule has 0 unspecified atom stereocenters. The summed E-state index contributed by atoms with van der Waals surface area (Å²) < 4.78 is 0. The number of fused-ring (bicyclic) bond motifs is 1. The van der Waals surface area contributed by atoms with Crippen molar-refractivity contribution in [1.29, 1.82) is 0 Å². The largest absolute Gasteiger partial charge is 0.361 e. The first-order chi connectivity index (χ1) is 9.29. The van der Waals surface area contributed by atoms with E-state index in [9.17, 15) is 0 Å². The maximum Gasteiger partial charge on any atom is 0.0487 e. The lowest BCUT2D eigenvalue weighted by molar-refractivity contribution is 0.291. The Labute approximate surface area is 114 Å². The molecule has 0 saturated carbocycles. The second-order valence-electron chi connectivity index (χ2n) is 5.13. The fourth-order valence-electron chi connectivity index (χ4n) is 2.82. The van der Waals surface area contributed by atoms with Crippen LogP contribution in [0, 0.1) is 19.3 Å². The molecule has 96 valence electrons. The van der Waals surface area contributed by atoms with Gasteiger partial charge in [-0.2, -0.15) is 0 Å².